The van der Waals surface area contributed by atoms with Gasteiger partial charge in [0.05, 0.1) is 15.5 Å². The molecule has 0 atom stereocenters. The van der Waals surface area contributed by atoms with Gasteiger partial charge < -0.3 is 9.80 Å². The lowest BCUT2D eigenvalue weighted by atomic mass is 10.3. The Balaban J connectivity index is 1.34. The zero-order chi connectivity index (χ0) is 17.9. The molecule has 0 radical (unpaired) electrons. The average Bonchev–Trinajstić information content (AvgIpc) is 3.13. The van der Waals surface area contributed by atoms with Gasteiger partial charge in [-0.15, -0.1) is 11.8 Å². The first-order valence-corrected chi connectivity index (χ1v) is 10.6. The molecule has 4 rings (SSSR count). The van der Waals surface area contributed by atoms with E-state index in [1.807, 2.05) is 53.4 Å². The van der Waals surface area contributed by atoms with Gasteiger partial charge in [-0.2, -0.15) is 0 Å². The van der Waals surface area contributed by atoms with Gasteiger partial charge in [0.1, 0.15) is 5.52 Å². The van der Waals surface area contributed by atoms with Gasteiger partial charge in [0, 0.05) is 31.1 Å². The SMILES string of the molecule is O=C(CSc1ccccc1)N1CCN(c2nc3c(Cl)cccc3s2)CC1. The van der Waals surface area contributed by atoms with Crippen molar-refractivity contribution in [1.82, 2.24) is 9.88 Å². The number of hydrogen-bond donors (Lipinski definition) is 0. The van der Waals surface area contributed by atoms with Crippen LogP contribution in [0.25, 0.3) is 10.2 Å². The fraction of sp³-hybridized carbons (Fsp3) is 0.263. The third-order valence-corrected chi connectivity index (χ3v) is 6.75. The second-order valence-corrected chi connectivity index (χ2v) is 8.52. The zero-order valence-electron chi connectivity index (χ0n) is 14.1. The van der Waals surface area contributed by atoms with Gasteiger partial charge in [0.15, 0.2) is 5.13 Å². The second-order valence-electron chi connectivity index (χ2n) is 6.05. The maximum absolute atomic E-state index is 12.5. The molecule has 7 heteroatoms. The van der Waals surface area contributed by atoms with Crippen molar-refractivity contribution in [1.29, 1.82) is 0 Å². The Labute approximate surface area is 165 Å². The van der Waals surface area contributed by atoms with Crippen LogP contribution in [0.1, 0.15) is 0 Å². The van der Waals surface area contributed by atoms with Crippen LogP contribution in [0.4, 0.5) is 5.13 Å². The summed E-state index contributed by atoms with van der Waals surface area (Å²) >= 11 is 9.48. The van der Waals surface area contributed by atoms with Crippen LogP contribution in [0.5, 0.6) is 0 Å². The molecule has 1 saturated heterocycles. The number of hydrogen-bond acceptors (Lipinski definition) is 5. The summed E-state index contributed by atoms with van der Waals surface area (Å²) in [6.45, 7) is 3.08. The molecule has 0 bridgehead atoms. The van der Waals surface area contributed by atoms with E-state index in [4.69, 9.17) is 11.6 Å². The van der Waals surface area contributed by atoms with Gasteiger partial charge in [-0.25, -0.2) is 4.98 Å². The van der Waals surface area contributed by atoms with E-state index in [2.05, 4.69) is 9.88 Å². The number of fused-ring (bicyclic) bond motifs is 1. The van der Waals surface area contributed by atoms with Gasteiger partial charge >= 0.3 is 0 Å². The fourth-order valence-electron chi connectivity index (χ4n) is 2.94. The number of piperazine rings is 1. The lowest BCUT2D eigenvalue weighted by molar-refractivity contribution is -0.128. The van der Waals surface area contributed by atoms with Crippen molar-refractivity contribution in [2.45, 2.75) is 4.90 Å². The Morgan fingerprint density at radius 3 is 2.58 bits per heavy atom. The Morgan fingerprint density at radius 1 is 1.08 bits per heavy atom. The Bertz CT molecular complexity index is 908. The number of amides is 1. The molecule has 0 N–H and O–H groups in total. The molecule has 0 spiro atoms. The standard InChI is InChI=1S/C19H18ClN3OS2/c20-15-7-4-8-16-18(15)21-19(26-16)23-11-9-22(10-12-23)17(24)13-25-14-5-2-1-3-6-14/h1-8H,9-13H2. The van der Waals surface area contributed by atoms with Crippen LogP contribution in [0, 0.1) is 0 Å². The third kappa shape index (κ3) is 3.82. The molecular formula is C19H18ClN3OS2. The van der Waals surface area contributed by atoms with Crippen LogP contribution in [0.2, 0.25) is 5.02 Å². The lowest BCUT2D eigenvalue weighted by Crippen LogP contribution is -2.49. The number of benzene rings is 2. The summed E-state index contributed by atoms with van der Waals surface area (Å²) in [7, 11) is 0. The monoisotopic (exact) mass is 403 g/mol. The van der Waals surface area contributed by atoms with Crippen molar-refractivity contribution in [3.05, 3.63) is 53.6 Å². The molecule has 1 amide bonds. The number of para-hydroxylation sites is 1. The average molecular weight is 404 g/mol. The first kappa shape index (κ1) is 17.6. The van der Waals surface area contributed by atoms with Crippen LogP contribution < -0.4 is 4.90 Å². The van der Waals surface area contributed by atoms with E-state index >= 15 is 0 Å². The van der Waals surface area contributed by atoms with Crippen LogP contribution in [-0.4, -0.2) is 47.7 Å². The highest BCUT2D eigenvalue weighted by Crippen LogP contribution is 2.33. The molecule has 2 aromatic carbocycles. The first-order chi connectivity index (χ1) is 12.7. The quantitative estimate of drug-likeness (QED) is 0.605. The normalized spacial score (nSPS) is 14.8. The Hall–Kier alpha value is -1.76. The molecule has 1 fully saturated rings. The molecule has 0 aliphatic carbocycles. The number of carbonyl (C=O) groups excluding carboxylic acids is 1. The molecule has 1 aromatic heterocycles. The van der Waals surface area contributed by atoms with Crippen LogP contribution in [-0.2, 0) is 4.79 Å². The number of thiazole rings is 1. The predicted molar refractivity (Wildman–Crippen MR) is 111 cm³/mol. The summed E-state index contributed by atoms with van der Waals surface area (Å²) in [5.74, 6) is 0.687. The summed E-state index contributed by atoms with van der Waals surface area (Å²) in [6.07, 6.45) is 0. The number of nitrogens with zero attached hydrogens (tertiary/aromatic N) is 3. The number of thioether (sulfide) groups is 1. The molecule has 26 heavy (non-hydrogen) atoms. The highest BCUT2D eigenvalue weighted by atomic mass is 35.5. The van der Waals surface area contributed by atoms with E-state index in [1.54, 1.807) is 23.1 Å². The number of halogens is 1. The van der Waals surface area contributed by atoms with Crippen molar-refractivity contribution in [2.24, 2.45) is 0 Å². The smallest absolute Gasteiger partial charge is 0.233 e. The zero-order valence-corrected chi connectivity index (χ0v) is 16.5. The molecule has 3 aromatic rings. The minimum Gasteiger partial charge on any atom is -0.345 e. The van der Waals surface area contributed by atoms with Crippen LogP contribution in [0.3, 0.4) is 0 Å². The maximum atomic E-state index is 12.5. The maximum Gasteiger partial charge on any atom is 0.233 e. The summed E-state index contributed by atoms with van der Waals surface area (Å²) in [5.41, 5.74) is 0.868. The molecule has 4 nitrogen and oxygen atoms in total. The fourth-order valence-corrected chi connectivity index (χ4v) is 5.08. The number of rotatable bonds is 4. The van der Waals surface area contributed by atoms with Crippen molar-refractivity contribution >= 4 is 56.0 Å². The first-order valence-electron chi connectivity index (χ1n) is 8.46. The largest absolute Gasteiger partial charge is 0.345 e. The number of aromatic nitrogens is 1. The summed E-state index contributed by atoms with van der Waals surface area (Å²) in [5, 5.41) is 1.68. The van der Waals surface area contributed by atoms with Gasteiger partial charge in [0.2, 0.25) is 5.91 Å². The lowest BCUT2D eigenvalue weighted by Gasteiger charge is -2.34. The van der Waals surface area contributed by atoms with Crippen LogP contribution >= 0.6 is 34.7 Å². The van der Waals surface area contributed by atoms with E-state index in [0.717, 1.165) is 46.4 Å². The van der Waals surface area contributed by atoms with E-state index in [-0.39, 0.29) is 5.91 Å². The molecule has 2 heterocycles. The van der Waals surface area contributed by atoms with Crippen molar-refractivity contribution in [2.75, 3.05) is 36.8 Å². The molecule has 1 aliphatic rings. The Kier molecular flexibility index (Phi) is 5.33. The second kappa shape index (κ2) is 7.86. The van der Waals surface area contributed by atoms with Gasteiger partial charge in [-0.05, 0) is 24.3 Å². The van der Waals surface area contributed by atoms with Crippen molar-refractivity contribution in [3.8, 4) is 0 Å². The van der Waals surface area contributed by atoms with E-state index in [1.165, 1.54) is 0 Å². The highest BCUT2D eigenvalue weighted by Gasteiger charge is 2.23. The number of anilines is 1. The molecule has 0 unspecified atom stereocenters. The minimum atomic E-state index is 0.200. The summed E-state index contributed by atoms with van der Waals surface area (Å²) in [4.78, 5) is 22.5. The molecule has 134 valence electrons. The third-order valence-electron chi connectivity index (χ3n) is 4.37. The van der Waals surface area contributed by atoms with E-state index < -0.39 is 0 Å². The highest BCUT2D eigenvalue weighted by molar-refractivity contribution is 8.00. The molecular weight excluding hydrogens is 386 g/mol. The topological polar surface area (TPSA) is 36.4 Å². The Morgan fingerprint density at radius 2 is 1.85 bits per heavy atom. The van der Waals surface area contributed by atoms with E-state index in [9.17, 15) is 4.79 Å². The van der Waals surface area contributed by atoms with E-state index in [0.29, 0.717) is 10.8 Å². The summed E-state index contributed by atoms with van der Waals surface area (Å²) < 4.78 is 1.10. The van der Waals surface area contributed by atoms with Crippen molar-refractivity contribution < 1.29 is 4.79 Å². The number of carbonyl (C=O) groups is 1. The van der Waals surface area contributed by atoms with Crippen LogP contribution in [0.15, 0.2) is 53.4 Å². The summed E-state index contributed by atoms with van der Waals surface area (Å²) in [6, 6.07) is 15.9. The van der Waals surface area contributed by atoms with Crippen molar-refractivity contribution in [3.63, 3.8) is 0 Å². The predicted octanol–water partition coefficient (Wildman–Crippen LogP) is 4.39. The molecule has 1 aliphatic heterocycles. The van der Waals surface area contributed by atoms with Gasteiger partial charge in [-0.3, -0.25) is 4.79 Å². The molecule has 0 saturated carbocycles. The van der Waals surface area contributed by atoms with Gasteiger partial charge in [-0.1, -0.05) is 47.2 Å². The van der Waals surface area contributed by atoms with Gasteiger partial charge in [0.25, 0.3) is 0 Å². The minimum absolute atomic E-state index is 0.200.